The summed E-state index contributed by atoms with van der Waals surface area (Å²) in [5, 5.41) is 10.6. The van der Waals surface area contributed by atoms with E-state index in [9.17, 15) is 5.11 Å². The predicted molar refractivity (Wildman–Crippen MR) is 80.4 cm³/mol. The van der Waals surface area contributed by atoms with Crippen molar-refractivity contribution < 1.29 is 9.84 Å². The van der Waals surface area contributed by atoms with Crippen LogP contribution >= 0.6 is 15.9 Å². The van der Waals surface area contributed by atoms with Gasteiger partial charge in [-0.05, 0) is 31.5 Å². The predicted octanol–water partition coefficient (Wildman–Crippen LogP) is 4.32. The number of hydrogen-bond donors (Lipinski definition) is 1. The number of benzene rings is 2. The summed E-state index contributed by atoms with van der Waals surface area (Å²) in [6.45, 7) is 3.95. The lowest BCUT2D eigenvalue weighted by atomic mass is 10.0. The highest BCUT2D eigenvalue weighted by Gasteiger charge is 2.17. The fourth-order valence-electron chi connectivity index (χ4n) is 1.93. The van der Waals surface area contributed by atoms with Crippen molar-refractivity contribution in [2.45, 2.75) is 26.1 Å². The largest absolute Gasteiger partial charge is 0.491 e. The Bertz CT molecular complexity index is 552. The second-order valence-electron chi connectivity index (χ2n) is 4.63. The minimum absolute atomic E-state index is 0.0764. The highest BCUT2D eigenvalue weighted by molar-refractivity contribution is 9.10. The molecule has 1 N–H and O–H groups in total. The summed E-state index contributed by atoms with van der Waals surface area (Å²) in [4.78, 5) is 0. The van der Waals surface area contributed by atoms with Gasteiger partial charge in [0.25, 0.3) is 0 Å². The van der Waals surface area contributed by atoms with Gasteiger partial charge in [-0.2, -0.15) is 0 Å². The van der Waals surface area contributed by atoms with E-state index in [0.717, 1.165) is 21.3 Å². The van der Waals surface area contributed by atoms with Crippen molar-refractivity contribution in [1.29, 1.82) is 0 Å². The van der Waals surface area contributed by atoms with Gasteiger partial charge in [0.2, 0.25) is 0 Å². The number of hydrogen-bond acceptors (Lipinski definition) is 2. The first-order valence-electron chi connectivity index (χ1n) is 6.27. The molecule has 0 radical (unpaired) electrons. The summed E-state index contributed by atoms with van der Waals surface area (Å²) >= 11 is 3.47. The molecule has 1 atom stereocenters. The monoisotopic (exact) mass is 320 g/mol. The van der Waals surface area contributed by atoms with E-state index in [1.54, 1.807) is 0 Å². The topological polar surface area (TPSA) is 29.5 Å². The Morgan fingerprint density at radius 2 is 1.53 bits per heavy atom. The van der Waals surface area contributed by atoms with E-state index in [2.05, 4.69) is 15.9 Å². The molecule has 2 aromatic carbocycles. The van der Waals surface area contributed by atoms with Gasteiger partial charge in [-0.1, -0.05) is 52.3 Å². The number of halogens is 1. The lowest BCUT2D eigenvalue weighted by Crippen LogP contribution is -2.10. The summed E-state index contributed by atoms with van der Waals surface area (Å²) in [6.07, 6.45) is -0.627. The molecule has 0 amide bonds. The minimum atomic E-state index is -0.703. The van der Waals surface area contributed by atoms with Gasteiger partial charge in [0.1, 0.15) is 11.9 Å². The van der Waals surface area contributed by atoms with Crippen LogP contribution in [0.25, 0.3) is 0 Å². The number of aliphatic hydroxyl groups excluding tert-OH is 1. The van der Waals surface area contributed by atoms with E-state index in [0.29, 0.717) is 0 Å². The Kier molecular flexibility index (Phi) is 4.61. The smallest absolute Gasteiger partial charge is 0.125 e. The molecule has 0 fully saturated rings. The molecule has 0 heterocycles. The molecule has 2 nitrogen and oxygen atoms in total. The molecule has 0 spiro atoms. The van der Waals surface area contributed by atoms with Crippen molar-refractivity contribution in [3.63, 3.8) is 0 Å². The van der Waals surface area contributed by atoms with Crippen molar-refractivity contribution in [2.75, 3.05) is 0 Å². The van der Waals surface area contributed by atoms with E-state index in [1.165, 1.54) is 0 Å². The average Bonchev–Trinajstić information content (AvgIpc) is 2.38. The molecule has 3 heteroatoms. The third-order valence-corrected chi connectivity index (χ3v) is 3.50. The van der Waals surface area contributed by atoms with Gasteiger partial charge in [-0.25, -0.2) is 0 Å². The third kappa shape index (κ3) is 3.37. The van der Waals surface area contributed by atoms with Crippen molar-refractivity contribution >= 4 is 15.9 Å². The molecule has 2 aromatic rings. The van der Waals surface area contributed by atoms with E-state index in [4.69, 9.17) is 4.74 Å². The van der Waals surface area contributed by atoms with Crippen molar-refractivity contribution in [1.82, 2.24) is 0 Å². The first-order chi connectivity index (χ1) is 9.09. The van der Waals surface area contributed by atoms with Crippen molar-refractivity contribution in [2.24, 2.45) is 0 Å². The molecule has 0 aliphatic carbocycles. The van der Waals surface area contributed by atoms with Gasteiger partial charge in [0, 0.05) is 10.0 Å². The molecular formula is C16H17BrO2. The van der Waals surface area contributed by atoms with Gasteiger partial charge < -0.3 is 9.84 Å². The highest BCUT2D eigenvalue weighted by atomic mass is 79.9. The maximum absolute atomic E-state index is 10.6. The van der Waals surface area contributed by atoms with Crippen LogP contribution in [0.1, 0.15) is 31.1 Å². The highest BCUT2D eigenvalue weighted by Crippen LogP contribution is 2.33. The second-order valence-corrected chi connectivity index (χ2v) is 5.48. The van der Waals surface area contributed by atoms with Crippen LogP contribution in [-0.4, -0.2) is 11.2 Å². The summed E-state index contributed by atoms with van der Waals surface area (Å²) in [5.41, 5.74) is 1.62. The van der Waals surface area contributed by atoms with Crippen LogP contribution in [0, 0.1) is 0 Å². The lowest BCUT2D eigenvalue weighted by molar-refractivity contribution is 0.197. The molecule has 1 unspecified atom stereocenters. The van der Waals surface area contributed by atoms with Crippen LogP contribution in [0.15, 0.2) is 53.0 Å². The number of para-hydroxylation sites is 1. The van der Waals surface area contributed by atoms with E-state index >= 15 is 0 Å². The maximum atomic E-state index is 10.6. The van der Waals surface area contributed by atoms with Crippen LogP contribution in [0.4, 0.5) is 0 Å². The molecular weight excluding hydrogens is 304 g/mol. The van der Waals surface area contributed by atoms with E-state index in [-0.39, 0.29) is 6.10 Å². The van der Waals surface area contributed by atoms with Crippen LogP contribution in [-0.2, 0) is 0 Å². The Morgan fingerprint density at radius 1 is 0.947 bits per heavy atom. The zero-order valence-electron chi connectivity index (χ0n) is 11.0. The first-order valence-corrected chi connectivity index (χ1v) is 7.07. The fourth-order valence-corrected chi connectivity index (χ4v) is 2.43. The third-order valence-electron chi connectivity index (χ3n) is 2.78. The first kappa shape index (κ1) is 14.1. The zero-order valence-corrected chi connectivity index (χ0v) is 12.6. The Labute approximate surface area is 122 Å². The fraction of sp³-hybridized carbons (Fsp3) is 0.250. The molecule has 0 aromatic heterocycles. The average molecular weight is 321 g/mol. The molecule has 19 heavy (non-hydrogen) atoms. The van der Waals surface area contributed by atoms with Crippen LogP contribution in [0.5, 0.6) is 5.75 Å². The van der Waals surface area contributed by atoms with Crippen molar-refractivity contribution in [3.8, 4) is 5.75 Å². The minimum Gasteiger partial charge on any atom is -0.491 e. The molecule has 0 bridgehead atoms. The van der Waals surface area contributed by atoms with Crippen molar-refractivity contribution in [3.05, 3.63) is 64.1 Å². The Balaban J connectivity index is 2.39. The van der Waals surface area contributed by atoms with Gasteiger partial charge in [0.05, 0.1) is 6.10 Å². The molecule has 100 valence electrons. The number of aliphatic hydroxyl groups is 1. The number of rotatable bonds is 4. The Morgan fingerprint density at radius 3 is 2.16 bits per heavy atom. The van der Waals surface area contributed by atoms with Gasteiger partial charge in [-0.3, -0.25) is 0 Å². The maximum Gasteiger partial charge on any atom is 0.125 e. The van der Waals surface area contributed by atoms with E-state index < -0.39 is 6.10 Å². The summed E-state index contributed by atoms with van der Waals surface area (Å²) < 4.78 is 6.64. The molecule has 0 aliphatic rings. The quantitative estimate of drug-likeness (QED) is 0.909. The summed E-state index contributed by atoms with van der Waals surface area (Å²) in [5.74, 6) is 0.723. The molecule has 2 rings (SSSR count). The van der Waals surface area contributed by atoms with Gasteiger partial charge in [-0.15, -0.1) is 0 Å². The van der Waals surface area contributed by atoms with Gasteiger partial charge in [0.15, 0.2) is 0 Å². The van der Waals surface area contributed by atoms with Crippen LogP contribution < -0.4 is 4.74 Å². The normalized spacial score (nSPS) is 12.5. The molecule has 0 aliphatic heterocycles. The standard InChI is InChI=1S/C16H17BrO2/c1-11(2)19-15-10-6-4-8-13(15)16(18)12-7-3-5-9-14(12)17/h3-11,16,18H,1-2H3. The summed E-state index contributed by atoms with van der Waals surface area (Å²) in [7, 11) is 0. The molecule has 0 saturated heterocycles. The summed E-state index contributed by atoms with van der Waals surface area (Å²) in [6, 6.07) is 15.3. The second kappa shape index (κ2) is 6.22. The Hall–Kier alpha value is -1.32. The van der Waals surface area contributed by atoms with Gasteiger partial charge >= 0.3 is 0 Å². The lowest BCUT2D eigenvalue weighted by Gasteiger charge is -2.19. The van der Waals surface area contributed by atoms with Crippen LogP contribution in [0.3, 0.4) is 0 Å². The van der Waals surface area contributed by atoms with Crippen LogP contribution in [0.2, 0.25) is 0 Å². The zero-order chi connectivity index (χ0) is 13.8. The SMILES string of the molecule is CC(C)Oc1ccccc1C(O)c1ccccc1Br. The molecule has 0 saturated carbocycles. The van der Waals surface area contributed by atoms with E-state index in [1.807, 2.05) is 62.4 Å². The number of ether oxygens (including phenoxy) is 1.